The van der Waals surface area contributed by atoms with E-state index in [-0.39, 0.29) is 17.5 Å². The lowest BCUT2D eigenvalue weighted by atomic mass is 9.88. The minimum Gasteiger partial charge on any atom is -0.312 e. The molecular weight excluding hydrogens is 276 g/mol. The summed E-state index contributed by atoms with van der Waals surface area (Å²) in [5.74, 6) is -0.0661. The molecule has 1 heterocycles. The highest BCUT2D eigenvalue weighted by Crippen LogP contribution is 2.46. The van der Waals surface area contributed by atoms with Crippen molar-refractivity contribution in [1.82, 2.24) is 5.32 Å². The average Bonchev–Trinajstić information content (AvgIpc) is 2.87. The maximum atomic E-state index is 14.0. The number of halogens is 2. The van der Waals surface area contributed by atoms with Gasteiger partial charge in [0.15, 0.2) is 0 Å². The van der Waals surface area contributed by atoms with Gasteiger partial charge in [0.05, 0.1) is 0 Å². The van der Waals surface area contributed by atoms with E-state index in [4.69, 9.17) is 0 Å². The summed E-state index contributed by atoms with van der Waals surface area (Å²) in [5, 5.41) is 3.09. The van der Waals surface area contributed by atoms with Crippen molar-refractivity contribution in [3.8, 4) is 0 Å². The molecule has 0 saturated heterocycles. The molecule has 104 valence electrons. The largest absolute Gasteiger partial charge is 0.312 e. The van der Waals surface area contributed by atoms with Crippen LogP contribution in [-0.4, -0.2) is 12.8 Å². The first-order chi connectivity index (χ1) is 9.72. The molecule has 0 aliphatic carbocycles. The van der Waals surface area contributed by atoms with Crippen molar-refractivity contribution in [3.05, 3.63) is 65.2 Å². The Kier molecular flexibility index (Phi) is 3.76. The summed E-state index contributed by atoms with van der Waals surface area (Å²) in [7, 11) is 1.75. The average molecular weight is 291 g/mol. The van der Waals surface area contributed by atoms with Crippen molar-refractivity contribution < 1.29 is 8.78 Å². The lowest BCUT2D eigenvalue weighted by Crippen LogP contribution is -2.26. The van der Waals surface area contributed by atoms with Crippen LogP contribution < -0.4 is 5.32 Å². The number of fused-ring (bicyclic) bond motifs is 1. The van der Waals surface area contributed by atoms with Gasteiger partial charge in [-0.15, -0.1) is 11.8 Å². The van der Waals surface area contributed by atoms with Crippen LogP contribution in [0.3, 0.4) is 0 Å². The molecule has 1 N–H and O–H groups in total. The first kappa shape index (κ1) is 13.6. The van der Waals surface area contributed by atoms with Crippen molar-refractivity contribution in [2.45, 2.75) is 16.9 Å². The summed E-state index contributed by atoms with van der Waals surface area (Å²) in [6, 6.07) is 11.8. The third-order valence-electron chi connectivity index (χ3n) is 3.76. The minimum atomic E-state index is -0.487. The van der Waals surface area contributed by atoms with Gasteiger partial charge in [-0.25, -0.2) is 8.78 Å². The molecule has 1 aliphatic heterocycles. The summed E-state index contributed by atoms with van der Waals surface area (Å²) >= 11 is 1.74. The highest BCUT2D eigenvalue weighted by atomic mass is 32.2. The zero-order valence-electron chi connectivity index (χ0n) is 11.1. The Bertz CT molecular complexity index is 609. The van der Waals surface area contributed by atoms with Gasteiger partial charge in [0.2, 0.25) is 0 Å². The summed E-state index contributed by atoms with van der Waals surface area (Å²) < 4.78 is 28.1. The predicted molar refractivity (Wildman–Crippen MR) is 78.1 cm³/mol. The second-order valence-electron chi connectivity index (χ2n) is 4.86. The van der Waals surface area contributed by atoms with Crippen molar-refractivity contribution in [2.75, 3.05) is 12.8 Å². The van der Waals surface area contributed by atoms with E-state index >= 15 is 0 Å². The van der Waals surface area contributed by atoms with Gasteiger partial charge in [0, 0.05) is 28.2 Å². The second kappa shape index (κ2) is 5.54. The first-order valence-electron chi connectivity index (χ1n) is 6.55. The van der Waals surface area contributed by atoms with Crippen molar-refractivity contribution in [3.63, 3.8) is 0 Å². The van der Waals surface area contributed by atoms with Crippen LogP contribution in [-0.2, 0) is 0 Å². The summed E-state index contributed by atoms with van der Waals surface area (Å²) in [6.45, 7) is 0. The smallest absolute Gasteiger partial charge is 0.130 e. The molecule has 2 unspecified atom stereocenters. The van der Waals surface area contributed by atoms with Crippen molar-refractivity contribution in [2.24, 2.45) is 0 Å². The Hall–Kier alpha value is -1.39. The van der Waals surface area contributed by atoms with E-state index in [0.29, 0.717) is 0 Å². The number of nitrogens with one attached hydrogen (secondary N) is 1. The van der Waals surface area contributed by atoms with E-state index in [1.54, 1.807) is 18.8 Å². The highest BCUT2D eigenvalue weighted by molar-refractivity contribution is 7.99. The van der Waals surface area contributed by atoms with Crippen molar-refractivity contribution in [1.29, 1.82) is 0 Å². The lowest BCUT2D eigenvalue weighted by Gasteiger charge is -2.24. The predicted octanol–water partition coefficient (Wildman–Crippen LogP) is 4.11. The standard InChI is InChI=1S/C16H15F2NS/c1-19-16(15-12(17)6-4-7-13(15)18)11-9-20-14-8-3-2-5-10(11)14/h2-8,11,16,19H,9H2,1H3. The molecule has 0 radical (unpaired) electrons. The topological polar surface area (TPSA) is 12.0 Å². The Labute approximate surface area is 121 Å². The van der Waals surface area contributed by atoms with Gasteiger partial charge in [0.1, 0.15) is 11.6 Å². The Morgan fingerprint density at radius 2 is 1.80 bits per heavy atom. The molecule has 0 aromatic heterocycles. The number of thioether (sulfide) groups is 1. The zero-order valence-corrected chi connectivity index (χ0v) is 11.9. The molecule has 0 amide bonds. The van der Waals surface area contributed by atoms with Crippen LogP contribution in [0, 0.1) is 11.6 Å². The molecule has 2 aromatic carbocycles. The third kappa shape index (κ3) is 2.23. The Morgan fingerprint density at radius 1 is 1.10 bits per heavy atom. The van der Waals surface area contributed by atoms with Crippen LogP contribution >= 0.6 is 11.8 Å². The first-order valence-corrected chi connectivity index (χ1v) is 7.54. The molecular formula is C16H15F2NS. The van der Waals surface area contributed by atoms with E-state index in [0.717, 1.165) is 5.75 Å². The van der Waals surface area contributed by atoms with Gasteiger partial charge in [0.25, 0.3) is 0 Å². The zero-order chi connectivity index (χ0) is 14.1. The van der Waals surface area contributed by atoms with E-state index in [1.165, 1.54) is 28.7 Å². The molecule has 1 aliphatic rings. The monoisotopic (exact) mass is 291 g/mol. The van der Waals surface area contributed by atoms with Crippen LogP contribution in [0.2, 0.25) is 0 Å². The lowest BCUT2D eigenvalue weighted by molar-refractivity contribution is 0.452. The van der Waals surface area contributed by atoms with Crippen LogP contribution in [0.15, 0.2) is 47.4 Å². The van der Waals surface area contributed by atoms with Crippen molar-refractivity contribution >= 4 is 11.8 Å². The van der Waals surface area contributed by atoms with Crippen LogP contribution in [0.25, 0.3) is 0 Å². The number of hydrogen-bond donors (Lipinski definition) is 1. The summed E-state index contributed by atoms with van der Waals surface area (Å²) in [4.78, 5) is 1.20. The number of benzene rings is 2. The number of likely N-dealkylation sites (N-methyl/N-ethyl adjacent to an activating group) is 1. The normalized spacial score (nSPS) is 18.9. The maximum Gasteiger partial charge on any atom is 0.130 e. The number of hydrogen-bond acceptors (Lipinski definition) is 2. The van der Waals surface area contributed by atoms with Gasteiger partial charge < -0.3 is 5.32 Å². The van der Waals surface area contributed by atoms with Gasteiger partial charge >= 0.3 is 0 Å². The molecule has 0 bridgehead atoms. The second-order valence-corrected chi connectivity index (χ2v) is 5.92. The molecule has 0 fully saturated rings. The highest BCUT2D eigenvalue weighted by Gasteiger charge is 2.33. The summed E-state index contributed by atoms with van der Waals surface area (Å²) in [6.07, 6.45) is 0. The van der Waals surface area contributed by atoms with Crippen LogP contribution in [0.1, 0.15) is 23.1 Å². The molecule has 4 heteroatoms. The molecule has 20 heavy (non-hydrogen) atoms. The molecule has 3 rings (SSSR count). The minimum absolute atomic E-state index is 0.0765. The Balaban J connectivity index is 2.04. The molecule has 2 atom stereocenters. The van der Waals surface area contributed by atoms with Gasteiger partial charge in [-0.05, 0) is 30.8 Å². The fraction of sp³-hybridized carbons (Fsp3) is 0.250. The molecule has 0 saturated carbocycles. The fourth-order valence-electron chi connectivity index (χ4n) is 2.82. The summed E-state index contributed by atoms with van der Waals surface area (Å²) in [5.41, 5.74) is 1.30. The van der Waals surface area contributed by atoms with Crippen LogP contribution in [0.4, 0.5) is 8.78 Å². The molecule has 0 spiro atoms. The van der Waals surface area contributed by atoms with Crippen LogP contribution in [0.5, 0.6) is 0 Å². The quantitative estimate of drug-likeness (QED) is 0.913. The molecule has 2 aromatic rings. The SMILES string of the molecule is CNC(c1c(F)cccc1F)C1CSc2ccccc21. The number of rotatable bonds is 3. The van der Waals surface area contributed by atoms with E-state index in [2.05, 4.69) is 11.4 Å². The van der Waals surface area contributed by atoms with E-state index in [1.807, 2.05) is 18.2 Å². The Morgan fingerprint density at radius 3 is 2.50 bits per heavy atom. The van der Waals surface area contributed by atoms with Gasteiger partial charge in [-0.2, -0.15) is 0 Å². The third-order valence-corrected chi connectivity index (χ3v) is 4.97. The maximum absolute atomic E-state index is 14.0. The van der Waals surface area contributed by atoms with Gasteiger partial charge in [-0.3, -0.25) is 0 Å². The van der Waals surface area contributed by atoms with E-state index < -0.39 is 11.6 Å². The fourth-order valence-corrected chi connectivity index (χ4v) is 4.11. The molecule has 1 nitrogen and oxygen atoms in total. The van der Waals surface area contributed by atoms with E-state index in [9.17, 15) is 8.78 Å². The van der Waals surface area contributed by atoms with Gasteiger partial charge in [-0.1, -0.05) is 24.3 Å².